The number of hydrogen-bond acceptors (Lipinski definition) is 5. The molecule has 0 radical (unpaired) electrons. The fourth-order valence-electron chi connectivity index (χ4n) is 4.17. The highest BCUT2D eigenvalue weighted by atomic mass is 16.5. The maximum atomic E-state index is 12.9. The summed E-state index contributed by atoms with van der Waals surface area (Å²) in [6.45, 7) is 8.84. The van der Waals surface area contributed by atoms with Crippen LogP contribution >= 0.6 is 0 Å². The highest BCUT2D eigenvalue weighted by Crippen LogP contribution is 2.28. The lowest BCUT2D eigenvalue weighted by atomic mass is 10.1. The van der Waals surface area contributed by atoms with Gasteiger partial charge in [0.05, 0.1) is 20.1 Å². The molecule has 7 heteroatoms. The standard InChI is InChI=1S/C22H33N3O4/c1-16(2)23-9-11-24(12-10-23)22(27)18-14-21(26)25(15-18)8-7-17-5-6-19(28-3)20(13-17)29-4/h5-6,13,16,18H,7-12,14-15H2,1-4H3/t18-/m0/s1. The van der Waals surface area contributed by atoms with E-state index in [1.165, 1.54) is 0 Å². The van der Waals surface area contributed by atoms with E-state index in [4.69, 9.17) is 9.47 Å². The van der Waals surface area contributed by atoms with Crippen LogP contribution in [0.3, 0.4) is 0 Å². The van der Waals surface area contributed by atoms with E-state index in [9.17, 15) is 9.59 Å². The van der Waals surface area contributed by atoms with Gasteiger partial charge >= 0.3 is 0 Å². The van der Waals surface area contributed by atoms with E-state index in [0.717, 1.165) is 38.2 Å². The number of rotatable bonds is 7. The summed E-state index contributed by atoms with van der Waals surface area (Å²) >= 11 is 0. The Morgan fingerprint density at radius 3 is 2.41 bits per heavy atom. The van der Waals surface area contributed by atoms with Gasteiger partial charge in [0.2, 0.25) is 11.8 Å². The number of carbonyl (C=O) groups excluding carboxylic acids is 2. The molecule has 1 atom stereocenters. The van der Waals surface area contributed by atoms with Crippen LogP contribution in [0.1, 0.15) is 25.8 Å². The van der Waals surface area contributed by atoms with Gasteiger partial charge in [-0.2, -0.15) is 0 Å². The van der Waals surface area contributed by atoms with Gasteiger partial charge in [-0.05, 0) is 38.0 Å². The van der Waals surface area contributed by atoms with Crippen LogP contribution in [-0.2, 0) is 16.0 Å². The third-order valence-electron chi connectivity index (χ3n) is 6.04. The maximum absolute atomic E-state index is 12.9. The van der Waals surface area contributed by atoms with Crippen molar-refractivity contribution < 1.29 is 19.1 Å². The van der Waals surface area contributed by atoms with Crippen LogP contribution in [0.4, 0.5) is 0 Å². The minimum Gasteiger partial charge on any atom is -0.493 e. The van der Waals surface area contributed by atoms with E-state index in [1.807, 2.05) is 28.0 Å². The van der Waals surface area contributed by atoms with Crippen molar-refractivity contribution in [1.29, 1.82) is 0 Å². The molecular formula is C22H33N3O4. The molecule has 2 aliphatic rings. The van der Waals surface area contributed by atoms with E-state index >= 15 is 0 Å². The molecule has 2 aliphatic heterocycles. The Hall–Kier alpha value is -2.28. The molecule has 3 rings (SSSR count). The minimum atomic E-state index is -0.210. The second kappa shape index (κ2) is 9.48. The minimum absolute atomic E-state index is 0.0737. The van der Waals surface area contributed by atoms with E-state index in [2.05, 4.69) is 18.7 Å². The van der Waals surface area contributed by atoms with Gasteiger partial charge in [0, 0.05) is 51.7 Å². The Kier molecular flexibility index (Phi) is 7.00. The molecule has 1 aromatic carbocycles. The van der Waals surface area contributed by atoms with Gasteiger partial charge in [-0.15, -0.1) is 0 Å². The van der Waals surface area contributed by atoms with Crippen molar-refractivity contribution in [3.05, 3.63) is 23.8 Å². The summed E-state index contributed by atoms with van der Waals surface area (Å²) in [7, 11) is 3.23. The topological polar surface area (TPSA) is 62.3 Å². The van der Waals surface area contributed by atoms with Gasteiger partial charge in [0.1, 0.15) is 0 Å². The Labute approximate surface area is 173 Å². The van der Waals surface area contributed by atoms with Crippen molar-refractivity contribution in [1.82, 2.24) is 14.7 Å². The van der Waals surface area contributed by atoms with E-state index in [0.29, 0.717) is 37.1 Å². The fourth-order valence-corrected chi connectivity index (χ4v) is 4.17. The quantitative estimate of drug-likeness (QED) is 0.693. The van der Waals surface area contributed by atoms with Crippen LogP contribution in [0.5, 0.6) is 11.5 Å². The molecule has 2 amide bonds. The summed E-state index contributed by atoms with van der Waals surface area (Å²) in [4.78, 5) is 31.5. The maximum Gasteiger partial charge on any atom is 0.228 e. The van der Waals surface area contributed by atoms with Gasteiger partial charge in [-0.1, -0.05) is 6.07 Å². The van der Waals surface area contributed by atoms with Crippen molar-refractivity contribution in [3.8, 4) is 11.5 Å². The van der Waals surface area contributed by atoms with Crippen LogP contribution in [0, 0.1) is 5.92 Å². The predicted octanol–water partition coefficient (Wildman–Crippen LogP) is 1.65. The first kappa shape index (κ1) is 21.4. The van der Waals surface area contributed by atoms with Crippen molar-refractivity contribution in [3.63, 3.8) is 0 Å². The average Bonchev–Trinajstić information content (AvgIpc) is 3.12. The summed E-state index contributed by atoms with van der Waals surface area (Å²) in [5, 5.41) is 0. The first-order valence-electron chi connectivity index (χ1n) is 10.4. The monoisotopic (exact) mass is 403 g/mol. The highest BCUT2D eigenvalue weighted by molar-refractivity contribution is 5.89. The first-order chi connectivity index (χ1) is 13.9. The Bertz CT molecular complexity index is 729. The molecule has 7 nitrogen and oxygen atoms in total. The van der Waals surface area contributed by atoms with Crippen molar-refractivity contribution >= 4 is 11.8 Å². The normalized spacial score (nSPS) is 20.4. The van der Waals surface area contributed by atoms with E-state index in [-0.39, 0.29) is 17.7 Å². The lowest BCUT2D eigenvalue weighted by molar-refractivity contribution is -0.137. The molecule has 0 saturated carbocycles. The fraction of sp³-hybridized carbons (Fsp3) is 0.636. The summed E-state index contributed by atoms with van der Waals surface area (Å²) in [6, 6.07) is 6.31. The molecule has 0 spiro atoms. The zero-order chi connectivity index (χ0) is 21.0. The molecular weight excluding hydrogens is 370 g/mol. The van der Waals surface area contributed by atoms with E-state index < -0.39 is 0 Å². The molecule has 1 aromatic rings. The number of carbonyl (C=O) groups is 2. The average molecular weight is 404 g/mol. The number of benzene rings is 1. The molecule has 0 bridgehead atoms. The number of hydrogen-bond donors (Lipinski definition) is 0. The highest BCUT2D eigenvalue weighted by Gasteiger charge is 2.37. The molecule has 0 unspecified atom stereocenters. The Morgan fingerprint density at radius 2 is 1.79 bits per heavy atom. The molecule has 0 aromatic heterocycles. The SMILES string of the molecule is COc1ccc(CCN2C[C@@H](C(=O)N3CCN(C(C)C)CC3)CC2=O)cc1OC. The second-order valence-corrected chi connectivity index (χ2v) is 8.14. The lowest BCUT2D eigenvalue weighted by Gasteiger charge is -2.37. The van der Waals surface area contributed by atoms with Gasteiger partial charge in [-0.3, -0.25) is 14.5 Å². The molecule has 2 heterocycles. The van der Waals surface area contributed by atoms with E-state index in [1.54, 1.807) is 14.2 Å². The summed E-state index contributed by atoms with van der Waals surface area (Å²) in [5.74, 6) is 1.38. The van der Waals surface area contributed by atoms with Crippen molar-refractivity contribution in [2.75, 3.05) is 53.5 Å². The summed E-state index contributed by atoms with van der Waals surface area (Å²) in [6.07, 6.45) is 1.05. The summed E-state index contributed by atoms with van der Waals surface area (Å²) < 4.78 is 10.6. The van der Waals surface area contributed by atoms with Gasteiger partial charge in [-0.25, -0.2) is 0 Å². The van der Waals surface area contributed by atoms with Crippen LogP contribution in [-0.4, -0.2) is 86.0 Å². The predicted molar refractivity (Wildman–Crippen MR) is 111 cm³/mol. The molecule has 160 valence electrons. The third kappa shape index (κ3) is 5.01. The molecule has 2 fully saturated rings. The van der Waals surface area contributed by atoms with Crippen molar-refractivity contribution in [2.45, 2.75) is 32.7 Å². The van der Waals surface area contributed by atoms with Gasteiger partial charge < -0.3 is 19.3 Å². The van der Waals surface area contributed by atoms with Crippen LogP contribution in [0.2, 0.25) is 0 Å². The molecule has 2 saturated heterocycles. The third-order valence-corrected chi connectivity index (χ3v) is 6.04. The number of piperazine rings is 1. The first-order valence-corrected chi connectivity index (χ1v) is 10.4. The van der Waals surface area contributed by atoms with Gasteiger partial charge in [0.15, 0.2) is 11.5 Å². The lowest BCUT2D eigenvalue weighted by Crippen LogP contribution is -2.52. The Morgan fingerprint density at radius 1 is 1.10 bits per heavy atom. The number of likely N-dealkylation sites (tertiary alicyclic amines) is 1. The number of amides is 2. The Balaban J connectivity index is 1.52. The largest absolute Gasteiger partial charge is 0.493 e. The second-order valence-electron chi connectivity index (χ2n) is 8.14. The number of methoxy groups -OCH3 is 2. The number of nitrogens with zero attached hydrogens (tertiary/aromatic N) is 3. The molecule has 0 aliphatic carbocycles. The van der Waals surface area contributed by atoms with Gasteiger partial charge in [0.25, 0.3) is 0 Å². The van der Waals surface area contributed by atoms with Crippen LogP contribution < -0.4 is 9.47 Å². The zero-order valence-corrected chi connectivity index (χ0v) is 18.0. The molecule has 0 N–H and O–H groups in total. The van der Waals surface area contributed by atoms with Crippen LogP contribution in [0.25, 0.3) is 0 Å². The molecule has 29 heavy (non-hydrogen) atoms. The van der Waals surface area contributed by atoms with Crippen molar-refractivity contribution in [2.24, 2.45) is 5.92 Å². The number of ether oxygens (including phenoxy) is 2. The zero-order valence-electron chi connectivity index (χ0n) is 18.0. The summed E-state index contributed by atoms with van der Waals surface area (Å²) in [5.41, 5.74) is 1.08. The smallest absolute Gasteiger partial charge is 0.228 e. The van der Waals surface area contributed by atoms with Crippen LogP contribution in [0.15, 0.2) is 18.2 Å².